The van der Waals surface area contributed by atoms with Crippen LogP contribution in [0, 0.1) is 5.92 Å². The molecule has 54 heavy (non-hydrogen) atoms. The zero-order chi connectivity index (χ0) is 39.9. The minimum absolute atomic E-state index is 0.139. The van der Waals surface area contributed by atoms with Gasteiger partial charge in [0, 0.05) is 25.7 Å². The van der Waals surface area contributed by atoms with Crippen LogP contribution in [-0.4, -0.2) is 75.3 Å². The summed E-state index contributed by atoms with van der Waals surface area (Å²) in [7, 11) is 3.87. The number of rotatable bonds is 38. The lowest BCUT2D eigenvalue weighted by Crippen LogP contribution is -2.31. The van der Waals surface area contributed by atoms with E-state index in [2.05, 4.69) is 45.1 Å². The molecule has 0 aromatic carbocycles. The van der Waals surface area contributed by atoms with Gasteiger partial charge in [0.1, 0.15) is 13.2 Å². The van der Waals surface area contributed by atoms with Gasteiger partial charge in [-0.2, -0.15) is 0 Å². The smallest absolute Gasteiger partial charge is 0.306 e. The summed E-state index contributed by atoms with van der Waals surface area (Å²) in [5.74, 6) is -1.01. The van der Waals surface area contributed by atoms with Gasteiger partial charge < -0.3 is 23.8 Å². The summed E-state index contributed by atoms with van der Waals surface area (Å²) in [6.45, 7) is 7.49. The monoisotopic (exact) mass is 764 g/mol. The number of hydrogen-bond acceptors (Lipinski definition) is 9. The van der Waals surface area contributed by atoms with Crippen molar-refractivity contribution >= 4 is 23.9 Å². The van der Waals surface area contributed by atoms with Gasteiger partial charge in [-0.3, -0.25) is 19.2 Å². The topological polar surface area (TPSA) is 108 Å². The highest BCUT2D eigenvalue weighted by molar-refractivity contribution is 5.71. The van der Waals surface area contributed by atoms with E-state index in [9.17, 15) is 19.2 Å². The summed E-state index contributed by atoms with van der Waals surface area (Å²) in [4.78, 5) is 51.8. The van der Waals surface area contributed by atoms with E-state index in [0.29, 0.717) is 38.2 Å². The summed E-state index contributed by atoms with van der Waals surface area (Å²) in [5.41, 5.74) is 0. The predicted octanol–water partition coefficient (Wildman–Crippen LogP) is 11.0. The van der Waals surface area contributed by atoms with Crippen molar-refractivity contribution in [1.82, 2.24) is 4.90 Å². The second-order valence-electron chi connectivity index (χ2n) is 15.1. The molecule has 0 aliphatic heterocycles. The quantitative estimate of drug-likeness (QED) is 0.0263. The first-order chi connectivity index (χ1) is 26.2. The number of esters is 4. The standard InChI is InChI=1S/C45H81NO8/c1-6-9-12-14-15-16-17-18-19-20-21-22-23-24-26-32-43(48)52-38-41(54-45(50)35-29-36-46(4)5)39-53-44(49)34-28-27-33-42(47)51-37-40(30-11-8-3)31-25-13-10-7-2/h15-16,18-19,40-41H,6-14,17,20-39H2,1-5H3/b16-15+,19-18+. The Hall–Kier alpha value is -2.68. The van der Waals surface area contributed by atoms with Crippen molar-refractivity contribution in [3.8, 4) is 0 Å². The zero-order valence-corrected chi connectivity index (χ0v) is 35.4. The van der Waals surface area contributed by atoms with Crippen LogP contribution in [0.4, 0.5) is 0 Å². The van der Waals surface area contributed by atoms with Gasteiger partial charge >= 0.3 is 23.9 Å². The molecule has 0 aliphatic carbocycles. The summed E-state index contributed by atoms with van der Waals surface area (Å²) in [6, 6.07) is 0. The molecule has 0 rings (SSSR count). The number of allylic oxidation sites excluding steroid dienone is 4. The molecular weight excluding hydrogens is 682 g/mol. The Bertz CT molecular complexity index is 979. The zero-order valence-electron chi connectivity index (χ0n) is 35.4. The molecule has 9 nitrogen and oxygen atoms in total. The maximum Gasteiger partial charge on any atom is 0.306 e. The minimum Gasteiger partial charge on any atom is -0.465 e. The average Bonchev–Trinajstić information content (AvgIpc) is 3.15. The summed E-state index contributed by atoms with van der Waals surface area (Å²) >= 11 is 0. The maximum atomic E-state index is 12.5. The van der Waals surface area contributed by atoms with E-state index in [1.54, 1.807) is 0 Å². The van der Waals surface area contributed by atoms with Crippen LogP contribution in [0.3, 0.4) is 0 Å². The van der Waals surface area contributed by atoms with Crippen molar-refractivity contribution in [3.05, 3.63) is 24.3 Å². The van der Waals surface area contributed by atoms with Crippen LogP contribution in [0.2, 0.25) is 0 Å². The third kappa shape index (κ3) is 36.3. The normalized spacial score (nSPS) is 12.7. The second kappa shape index (κ2) is 38.6. The number of nitrogens with zero attached hydrogens (tertiary/aromatic N) is 1. The Morgan fingerprint density at radius 1 is 0.481 bits per heavy atom. The van der Waals surface area contributed by atoms with Gasteiger partial charge in [-0.05, 0) is 97.2 Å². The molecule has 0 heterocycles. The Balaban J connectivity index is 4.43. The van der Waals surface area contributed by atoms with Gasteiger partial charge in [0.25, 0.3) is 0 Å². The molecule has 0 aliphatic rings. The lowest BCUT2D eigenvalue weighted by molar-refractivity contribution is -0.167. The molecule has 0 aromatic rings. The molecule has 314 valence electrons. The molecule has 2 atom stereocenters. The molecule has 0 saturated carbocycles. The molecule has 0 fully saturated rings. The van der Waals surface area contributed by atoms with Crippen molar-refractivity contribution in [3.63, 3.8) is 0 Å². The van der Waals surface area contributed by atoms with Gasteiger partial charge in [0.2, 0.25) is 0 Å². The van der Waals surface area contributed by atoms with Crippen LogP contribution in [0.1, 0.15) is 188 Å². The molecular formula is C45H81NO8. The van der Waals surface area contributed by atoms with E-state index < -0.39 is 18.0 Å². The molecule has 9 heteroatoms. The third-order valence-electron chi connectivity index (χ3n) is 9.40. The van der Waals surface area contributed by atoms with Gasteiger partial charge in [-0.25, -0.2) is 0 Å². The first-order valence-electron chi connectivity index (χ1n) is 21.8. The number of unbranched alkanes of at least 4 members (excludes halogenated alkanes) is 13. The Morgan fingerprint density at radius 3 is 1.50 bits per heavy atom. The van der Waals surface area contributed by atoms with E-state index in [0.717, 1.165) is 77.2 Å². The predicted molar refractivity (Wildman–Crippen MR) is 220 cm³/mol. The molecule has 0 saturated heterocycles. The van der Waals surface area contributed by atoms with E-state index in [1.807, 2.05) is 19.0 Å². The first kappa shape index (κ1) is 51.3. The molecule has 0 bridgehead atoms. The summed E-state index contributed by atoms with van der Waals surface area (Å²) in [5, 5.41) is 0. The number of carbonyl (C=O) groups excluding carboxylic acids is 4. The van der Waals surface area contributed by atoms with Crippen LogP contribution in [-0.2, 0) is 38.1 Å². The van der Waals surface area contributed by atoms with Crippen molar-refractivity contribution in [2.75, 3.05) is 40.5 Å². The number of ether oxygens (including phenoxy) is 4. The number of carbonyl (C=O) groups is 4. The molecule has 0 radical (unpaired) electrons. The minimum atomic E-state index is -0.869. The Kier molecular flexibility index (Phi) is 36.7. The van der Waals surface area contributed by atoms with Crippen LogP contribution >= 0.6 is 0 Å². The average molecular weight is 764 g/mol. The van der Waals surface area contributed by atoms with Crippen molar-refractivity contribution in [2.45, 2.75) is 194 Å². The van der Waals surface area contributed by atoms with Crippen molar-refractivity contribution < 1.29 is 38.1 Å². The molecule has 0 spiro atoms. The van der Waals surface area contributed by atoms with Gasteiger partial charge in [0.05, 0.1) is 6.61 Å². The fourth-order valence-corrected chi connectivity index (χ4v) is 5.98. The largest absolute Gasteiger partial charge is 0.465 e. The highest BCUT2D eigenvalue weighted by Gasteiger charge is 2.20. The van der Waals surface area contributed by atoms with Crippen molar-refractivity contribution in [2.24, 2.45) is 5.92 Å². The number of hydrogen-bond donors (Lipinski definition) is 0. The van der Waals surface area contributed by atoms with Gasteiger partial charge in [-0.1, -0.05) is 116 Å². The SMILES string of the molecule is CCCCC/C=C/C/C=C/CCCCCCCC(=O)OCC(COC(=O)CCCCC(=O)OCC(CCCC)CCCCCC)OC(=O)CCCN(C)C. The molecule has 0 aromatic heterocycles. The lowest BCUT2D eigenvalue weighted by Gasteiger charge is -2.18. The van der Waals surface area contributed by atoms with Gasteiger partial charge in [0.15, 0.2) is 6.10 Å². The fourth-order valence-electron chi connectivity index (χ4n) is 5.98. The van der Waals surface area contributed by atoms with Gasteiger partial charge in [-0.15, -0.1) is 0 Å². The first-order valence-corrected chi connectivity index (χ1v) is 21.8. The van der Waals surface area contributed by atoms with E-state index in [4.69, 9.17) is 18.9 Å². The Morgan fingerprint density at radius 2 is 0.926 bits per heavy atom. The summed E-state index contributed by atoms with van der Waals surface area (Å²) < 4.78 is 22.0. The van der Waals surface area contributed by atoms with Crippen LogP contribution in [0.5, 0.6) is 0 Å². The van der Waals surface area contributed by atoms with E-state index >= 15 is 0 Å². The second-order valence-corrected chi connectivity index (χ2v) is 15.1. The van der Waals surface area contributed by atoms with Crippen LogP contribution in [0.25, 0.3) is 0 Å². The maximum absolute atomic E-state index is 12.5. The Labute approximate surface area is 330 Å². The highest BCUT2D eigenvalue weighted by atomic mass is 16.6. The molecule has 0 N–H and O–H groups in total. The fraction of sp³-hybridized carbons (Fsp3) is 0.822. The van der Waals surface area contributed by atoms with Crippen molar-refractivity contribution in [1.29, 1.82) is 0 Å². The van der Waals surface area contributed by atoms with Crippen LogP contribution < -0.4 is 0 Å². The third-order valence-corrected chi connectivity index (χ3v) is 9.40. The lowest BCUT2D eigenvalue weighted by atomic mass is 9.96. The molecule has 2 unspecified atom stereocenters. The van der Waals surface area contributed by atoms with E-state index in [-0.39, 0.29) is 44.4 Å². The molecule has 0 amide bonds. The highest BCUT2D eigenvalue weighted by Crippen LogP contribution is 2.18. The van der Waals surface area contributed by atoms with Crippen LogP contribution in [0.15, 0.2) is 24.3 Å². The summed E-state index contributed by atoms with van der Waals surface area (Å²) in [6.07, 6.45) is 32.2. The van der Waals surface area contributed by atoms with E-state index in [1.165, 1.54) is 51.4 Å².